The van der Waals surface area contributed by atoms with E-state index in [1.165, 1.54) is 6.07 Å². The maximum absolute atomic E-state index is 13.4. The van der Waals surface area contributed by atoms with Crippen molar-refractivity contribution in [1.82, 2.24) is 4.90 Å². The number of amides is 1. The SMILES string of the molecule is O=C(O)CCN(C(=O)[C@H]1C[C@@H]1c1ccc(F)c(F)c1)C1CCOCC1. The molecule has 1 N–H and O–H groups in total. The van der Waals surface area contributed by atoms with Crippen molar-refractivity contribution in [3.63, 3.8) is 0 Å². The minimum Gasteiger partial charge on any atom is -0.481 e. The highest BCUT2D eigenvalue weighted by molar-refractivity contribution is 5.83. The number of nitrogens with zero attached hydrogens (tertiary/aromatic N) is 1. The summed E-state index contributed by atoms with van der Waals surface area (Å²) in [4.78, 5) is 25.4. The van der Waals surface area contributed by atoms with Gasteiger partial charge in [-0.15, -0.1) is 0 Å². The lowest BCUT2D eigenvalue weighted by Crippen LogP contribution is -2.45. The molecule has 0 unspecified atom stereocenters. The van der Waals surface area contributed by atoms with E-state index in [-0.39, 0.29) is 36.8 Å². The van der Waals surface area contributed by atoms with Gasteiger partial charge in [0.1, 0.15) is 0 Å². The van der Waals surface area contributed by atoms with Crippen molar-refractivity contribution in [3.8, 4) is 0 Å². The molecule has 1 heterocycles. The highest BCUT2D eigenvalue weighted by Crippen LogP contribution is 2.49. The summed E-state index contributed by atoms with van der Waals surface area (Å²) in [6.07, 6.45) is 1.85. The molecule has 3 rings (SSSR count). The fourth-order valence-corrected chi connectivity index (χ4v) is 3.48. The largest absolute Gasteiger partial charge is 0.481 e. The zero-order chi connectivity index (χ0) is 18.0. The first-order valence-electron chi connectivity index (χ1n) is 8.52. The predicted molar refractivity (Wildman–Crippen MR) is 85.0 cm³/mol. The Bertz CT molecular complexity index is 660. The molecule has 2 atom stereocenters. The van der Waals surface area contributed by atoms with Gasteiger partial charge in [-0.05, 0) is 42.9 Å². The van der Waals surface area contributed by atoms with Gasteiger partial charge < -0.3 is 14.7 Å². The molecular formula is C18H21F2NO4. The monoisotopic (exact) mass is 353 g/mol. The van der Waals surface area contributed by atoms with Crippen molar-refractivity contribution < 1.29 is 28.2 Å². The Kier molecular flexibility index (Phi) is 5.32. The highest BCUT2D eigenvalue weighted by atomic mass is 19.2. The molecule has 2 fully saturated rings. The van der Waals surface area contributed by atoms with Gasteiger partial charge >= 0.3 is 5.97 Å². The molecule has 0 bridgehead atoms. The maximum atomic E-state index is 13.4. The van der Waals surface area contributed by atoms with Crippen LogP contribution in [-0.2, 0) is 14.3 Å². The predicted octanol–water partition coefficient (Wildman–Crippen LogP) is 2.55. The molecule has 1 saturated heterocycles. The van der Waals surface area contributed by atoms with Crippen molar-refractivity contribution in [2.24, 2.45) is 5.92 Å². The number of hydrogen-bond acceptors (Lipinski definition) is 3. The third-order valence-corrected chi connectivity index (χ3v) is 4.96. The third kappa shape index (κ3) is 4.15. The van der Waals surface area contributed by atoms with Gasteiger partial charge in [0.2, 0.25) is 5.91 Å². The fourth-order valence-electron chi connectivity index (χ4n) is 3.48. The Balaban J connectivity index is 1.69. The first-order valence-corrected chi connectivity index (χ1v) is 8.52. The topological polar surface area (TPSA) is 66.8 Å². The molecule has 1 aliphatic heterocycles. The van der Waals surface area contributed by atoms with E-state index in [0.29, 0.717) is 38.0 Å². The third-order valence-electron chi connectivity index (χ3n) is 4.96. The van der Waals surface area contributed by atoms with E-state index in [1.807, 2.05) is 0 Å². The molecule has 7 heteroatoms. The number of hydrogen-bond donors (Lipinski definition) is 1. The molecule has 1 aromatic rings. The van der Waals surface area contributed by atoms with Gasteiger partial charge in [0.15, 0.2) is 11.6 Å². The van der Waals surface area contributed by atoms with Gasteiger partial charge in [-0.2, -0.15) is 0 Å². The van der Waals surface area contributed by atoms with Crippen LogP contribution in [0.15, 0.2) is 18.2 Å². The number of carboxylic acids is 1. The molecular weight excluding hydrogens is 332 g/mol. The lowest BCUT2D eigenvalue weighted by atomic mass is 10.0. The van der Waals surface area contributed by atoms with Crippen molar-refractivity contribution in [2.75, 3.05) is 19.8 Å². The van der Waals surface area contributed by atoms with E-state index in [2.05, 4.69) is 0 Å². The molecule has 0 aromatic heterocycles. The van der Waals surface area contributed by atoms with Gasteiger partial charge in [-0.1, -0.05) is 6.07 Å². The van der Waals surface area contributed by atoms with Gasteiger partial charge in [0.25, 0.3) is 0 Å². The average molecular weight is 353 g/mol. The van der Waals surface area contributed by atoms with Crippen LogP contribution in [0.5, 0.6) is 0 Å². The van der Waals surface area contributed by atoms with Crippen LogP contribution in [0.1, 0.15) is 37.2 Å². The van der Waals surface area contributed by atoms with Crippen LogP contribution in [0.4, 0.5) is 8.78 Å². The summed E-state index contributed by atoms with van der Waals surface area (Å²) in [7, 11) is 0. The quantitative estimate of drug-likeness (QED) is 0.854. The van der Waals surface area contributed by atoms with Crippen LogP contribution in [0.3, 0.4) is 0 Å². The lowest BCUT2D eigenvalue weighted by molar-refractivity contribution is -0.141. The zero-order valence-electron chi connectivity index (χ0n) is 13.8. The van der Waals surface area contributed by atoms with Crippen molar-refractivity contribution in [2.45, 2.75) is 37.6 Å². The summed E-state index contributed by atoms with van der Waals surface area (Å²) in [6.45, 7) is 1.28. The summed E-state index contributed by atoms with van der Waals surface area (Å²) >= 11 is 0. The number of rotatable bonds is 6. The van der Waals surface area contributed by atoms with Crippen LogP contribution in [0.25, 0.3) is 0 Å². The van der Waals surface area contributed by atoms with E-state index in [1.54, 1.807) is 4.90 Å². The van der Waals surface area contributed by atoms with Crippen LogP contribution >= 0.6 is 0 Å². The van der Waals surface area contributed by atoms with Gasteiger partial charge in [-0.25, -0.2) is 8.78 Å². The summed E-state index contributed by atoms with van der Waals surface area (Å²) in [5.41, 5.74) is 0.613. The second-order valence-electron chi connectivity index (χ2n) is 6.64. The summed E-state index contributed by atoms with van der Waals surface area (Å²) in [5, 5.41) is 8.94. The van der Waals surface area contributed by atoms with Crippen molar-refractivity contribution >= 4 is 11.9 Å². The lowest BCUT2D eigenvalue weighted by Gasteiger charge is -2.34. The maximum Gasteiger partial charge on any atom is 0.305 e. The molecule has 0 radical (unpaired) electrons. The molecule has 1 amide bonds. The summed E-state index contributed by atoms with van der Waals surface area (Å²) in [6, 6.07) is 3.70. The zero-order valence-corrected chi connectivity index (χ0v) is 13.8. The van der Waals surface area contributed by atoms with Crippen molar-refractivity contribution in [3.05, 3.63) is 35.4 Å². The number of carbonyl (C=O) groups excluding carboxylic acids is 1. The Labute approximate surface area is 144 Å². The van der Waals surface area contributed by atoms with E-state index in [0.717, 1.165) is 12.1 Å². The van der Waals surface area contributed by atoms with Gasteiger partial charge in [-0.3, -0.25) is 9.59 Å². The Morgan fingerprint density at radius 1 is 1.20 bits per heavy atom. The first-order chi connectivity index (χ1) is 12.0. The molecule has 1 aliphatic carbocycles. The number of benzene rings is 1. The van der Waals surface area contributed by atoms with Gasteiger partial charge in [0, 0.05) is 31.7 Å². The molecule has 136 valence electrons. The number of halogens is 2. The fraction of sp³-hybridized carbons (Fsp3) is 0.556. The second-order valence-corrected chi connectivity index (χ2v) is 6.64. The Morgan fingerprint density at radius 2 is 1.92 bits per heavy atom. The molecule has 2 aliphatic rings. The molecule has 1 aromatic carbocycles. The number of carbonyl (C=O) groups is 2. The molecule has 0 spiro atoms. The second kappa shape index (κ2) is 7.47. The standard InChI is InChI=1S/C18H21F2NO4/c19-15-2-1-11(9-16(15)20)13-10-14(13)18(24)21(6-3-17(22)23)12-4-7-25-8-5-12/h1-2,9,12-14H,3-8,10H2,(H,22,23)/t13-,14+/m1/s1. The normalized spacial score (nSPS) is 23.3. The summed E-state index contributed by atoms with van der Waals surface area (Å²) in [5.74, 6) is -3.28. The molecule has 25 heavy (non-hydrogen) atoms. The highest BCUT2D eigenvalue weighted by Gasteiger charge is 2.47. The average Bonchev–Trinajstić information content (AvgIpc) is 3.39. The van der Waals surface area contributed by atoms with E-state index in [9.17, 15) is 18.4 Å². The Morgan fingerprint density at radius 3 is 2.56 bits per heavy atom. The number of carboxylic acid groups (broad SMARTS) is 1. The molecule has 1 saturated carbocycles. The first kappa shape index (κ1) is 17.8. The summed E-state index contributed by atoms with van der Waals surface area (Å²) < 4.78 is 31.8. The number of ether oxygens (including phenoxy) is 1. The van der Waals surface area contributed by atoms with Gasteiger partial charge in [0.05, 0.1) is 6.42 Å². The minimum atomic E-state index is -0.946. The van der Waals surface area contributed by atoms with Crippen LogP contribution in [0.2, 0.25) is 0 Å². The van der Waals surface area contributed by atoms with Crippen LogP contribution in [-0.4, -0.2) is 47.7 Å². The van der Waals surface area contributed by atoms with Crippen molar-refractivity contribution in [1.29, 1.82) is 0 Å². The number of aliphatic carboxylic acids is 1. The van der Waals surface area contributed by atoms with E-state index >= 15 is 0 Å². The van der Waals surface area contributed by atoms with E-state index < -0.39 is 17.6 Å². The van der Waals surface area contributed by atoms with Crippen LogP contribution in [0, 0.1) is 17.6 Å². The van der Waals surface area contributed by atoms with E-state index in [4.69, 9.17) is 9.84 Å². The van der Waals surface area contributed by atoms with Crippen LogP contribution < -0.4 is 0 Å². The Hall–Kier alpha value is -2.02. The smallest absolute Gasteiger partial charge is 0.305 e. The minimum absolute atomic E-state index is 0.0215. The molecule has 5 nitrogen and oxygen atoms in total.